The van der Waals surface area contributed by atoms with E-state index in [4.69, 9.17) is 9.47 Å². The van der Waals surface area contributed by atoms with Crippen molar-refractivity contribution in [2.24, 2.45) is 5.41 Å². The summed E-state index contributed by atoms with van der Waals surface area (Å²) in [5, 5.41) is 3.14. The van der Waals surface area contributed by atoms with Gasteiger partial charge in [-0.1, -0.05) is 24.3 Å². The summed E-state index contributed by atoms with van der Waals surface area (Å²) in [6.45, 7) is 12.5. The Hall–Kier alpha value is -2.24. The third kappa shape index (κ3) is 5.03. The molecule has 2 aliphatic rings. The Labute approximate surface area is 173 Å². The molecule has 29 heavy (non-hydrogen) atoms. The van der Waals surface area contributed by atoms with E-state index in [-0.39, 0.29) is 17.6 Å². The molecule has 1 N–H and O–H groups in total. The number of piperidine rings is 1. The van der Waals surface area contributed by atoms with Gasteiger partial charge in [0.15, 0.2) is 0 Å². The predicted molar refractivity (Wildman–Crippen MR) is 112 cm³/mol. The van der Waals surface area contributed by atoms with Crippen LogP contribution in [0.5, 0.6) is 0 Å². The molecule has 1 aromatic carbocycles. The number of likely N-dealkylation sites (tertiary alicyclic amines) is 1. The molecule has 0 bridgehead atoms. The number of carbonyl (C=O) groups excluding carboxylic acids is 2. The van der Waals surface area contributed by atoms with Crippen LogP contribution in [0.25, 0.3) is 0 Å². The maximum Gasteiger partial charge on any atom is 0.410 e. The first-order chi connectivity index (χ1) is 13.4. The minimum Gasteiger partial charge on any atom is -0.444 e. The second-order valence-corrected chi connectivity index (χ2v) is 10.3. The molecule has 1 atom stereocenters. The zero-order valence-corrected chi connectivity index (χ0v) is 18.5. The standard InChI is InChI=1S/C23H34N2O4/c1-21(2,3)28-19(26)24-18-17-10-8-7-9-16(17)15-23(18)11-13-25(14-12-23)20(27)29-22(4,5)6/h7-10,18H,11-15H2,1-6H3,(H,24,26)/t18-/m1/s1. The number of nitrogens with zero attached hydrogens (tertiary/aromatic N) is 1. The molecule has 160 valence electrons. The number of nitrogens with one attached hydrogen (secondary N) is 1. The number of benzene rings is 1. The lowest BCUT2D eigenvalue weighted by Gasteiger charge is -2.43. The SMILES string of the molecule is CC(C)(C)OC(=O)N[C@@H]1c2ccccc2CC12CCN(C(=O)OC(C)(C)C)CC2. The smallest absolute Gasteiger partial charge is 0.410 e. The summed E-state index contributed by atoms with van der Waals surface area (Å²) in [5.74, 6) is 0. The average Bonchev–Trinajstić information content (AvgIpc) is 2.85. The van der Waals surface area contributed by atoms with Crippen LogP contribution in [0.1, 0.15) is 71.6 Å². The second kappa shape index (κ2) is 7.54. The van der Waals surface area contributed by atoms with Crippen molar-refractivity contribution in [3.8, 4) is 0 Å². The van der Waals surface area contributed by atoms with Crippen LogP contribution in [0.3, 0.4) is 0 Å². The summed E-state index contributed by atoms with van der Waals surface area (Å²) in [7, 11) is 0. The molecule has 1 heterocycles. The van der Waals surface area contributed by atoms with E-state index in [9.17, 15) is 9.59 Å². The topological polar surface area (TPSA) is 67.9 Å². The number of hydrogen-bond acceptors (Lipinski definition) is 4. The van der Waals surface area contributed by atoms with Crippen molar-refractivity contribution in [2.75, 3.05) is 13.1 Å². The molecule has 0 aromatic heterocycles. The van der Waals surface area contributed by atoms with Crippen LogP contribution in [0.2, 0.25) is 0 Å². The molecule has 0 unspecified atom stereocenters. The summed E-state index contributed by atoms with van der Waals surface area (Å²) in [5.41, 5.74) is 1.26. The number of fused-ring (bicyclic) bond motifs is 1. The molecule has 0 radical (unpaired) electrons. The van der Waals surface area contributed by atoms with Gasteiger partial charge in [0.05, 0.1) is 6.04 Å². The zero-order chi connectivity index (χ0) is 21.4. The summed E-state index contributed by atoms with van der Waals surface area (Å²) >= 11 is 0. The van der Waals surface area contributed by atoms with Crippen molar-refractivity contribution in [2.45, 2.75) is 78.0 Å². The van der Waals surface area contributed by atoms with Crippen LogP contribution in [0.4, 0.5) is 9.59 Å². The average molecular weight is 403 g/mol. The Kier molecular flexibility index (Phi) is 5.58. The van der Waals surface area contributed by atoms with E-state index in [1.807, 2.05) is 53.7 Å². The van der Waals surface area contributed by atoms with Crippen molar-refractivity contribution >= 4 is 12.2 Å². The molecule has 2 amide bonds. The molecule has 0 saturated carbocycles. The monoisotopic (exact) mass is 402 g/mol. The fraction of sp³-hybridized carbons (Fsp3) is 0.652. The van der Waals surface area contributed by atoms with Gasteiger partial charge in [0.1, 0.15) is 11.2 Å². The van der Waals surface area contributed by atoms with Crippen LogP contribution >= 0.6 is 0 Å². The lowest BCUT2D eigenvalue weighted by Crippen LogP contribution is -2.49. The largest absolute Gasteiger partial charge is 0.444 e. The molecule has 1 aliphatic carbocycles. The van der Waals surface area contributed by atoms with E-state index in [0.717, 1.165) is 24.8 Å². The van der Waals surface area contributed by atoms with Crippen molar-refractivity contribution in [1.82, 2.24) is 10.2 Å². The number of ether oxygens (including phenoxy) is 2. The summed E-state index contributed by atoms with van der Waals surface area (Å²) in [6.07, 6.45) is 1.85. The summed E-state index contributed by atoms with van der Waals surface area (Å²) < 4.78 is 11.1. The number of rotatable bonds is 1. The molecular formula is C23H34N2O4. The predicted octanol–water partition coefficient (Wildman–Crippen LogP) is 4.83. The van der Waals surface area contributed by atoms with Gasteiger partial charge in [-0.05, 0) is 71.9 Å². The molecule has 1 aliphatic heterocycles. The summed E-state index contributed by atoms with van der Waals surface area (Å²) in [6, 6.07) is 8.16. The lowest BCUT2D eigenvalue weighted by molar-refractivity contribution is 0.00332. The Balaban J connectivity index is 1.76. The van der Waals surface area contributed by atoms with Crippen LogP contribution in [-0.4, -0.2) is 41.4 Å². The van der Waals surface area contributed by atoms with Gasteiger partial charge in [-0.2, -0.15) is 0 Å². The van der Waals surface area contributed by atoms with Crippen LogP contribution in [-0.2, 0) is 15.9 Å². The number of hydrogen-bond donors (Lipinski definition) is 1. The fourth-order valence-corrected chi connectivity index (χ4v) is 4.37. The first-order valence-corrected chi connectivity index (χ1v) is 10.4. The molecule has 6 nitrogen and oxygen atoms in total. The van der Waals surface area contributed by atoms with Gasteiger partial charge in [-0.3, -0.25) is 0 Å². The maximum absolute atomic E-state index is 12.6. The lowest BCUT2D eigenvalue weighted by atomic mass is 9.73. The van der Waals surface area contributed by atoms with Crippen molar-refractivity contribution in [1.29, 1.82) is 0 Å². The highest BCUT2D eigenvalue weighted by molar-refractivity contribution is 5.70. The van der Waals surface area contributed by atoms with Crippen LogP contribution < -0.4 is 5.32 Å². The molecule has 1 aromatic rings. The summed E-state index contributed by atoms with van der Waals surface area (Å²) in [4.78, 5) is 26.8. The van der Waals surface area contributed by atoms with Crippen molar-refractivity contribution in [3.05, 3.63) is 35.4 Å². The Morgan fingerprint density at radius 3 is 2.17 bits per heavy atom. The van der Waals surface area contributed by atoms with E-state index < -0.39 is 17.3 Å². The van der Waals surface area contributed by atoms with Gasteiger partial charge >= 0.3 is 12.2 Å². The third-order valence-corrected chi connectivity index (χ3v) is 5.59. The minimum atomic E-state index is -0.546. The highest BCUT2D eigenvalue weighted by atomic mass is 16.6. The van der Waals surface area contributed by atoms with Gasteiger partial charge in [0.25, 0.3) is 0 Å². The van der Waals surface area contributed by atoms with Gasteiger partial charge in [0, 0.05) is 18.5 Å². The third-order valence-electron chi connectivity index (χ3n) is 5.59. The highest BCUT2D eigenvalue weighted by Gasteiger charge is 2.49. The van der Waals surface area contributed by atoms with Crippen molar-refractivity contribution < 1.29 is 19.1 Å². The first kappa shape index (κ1) is 21.5. The van der Waals surface area contributed by atoms with Gasteiger partial charge in [0.2, 0.25) is 0 Å². The molecule has 1 spiro atoms. The van der Waals surface area contributed by atoms with Crippen molar-refractivity contribution in [3.63, 3.8) is 0 Å². The van der Waals surface area contributed by atoms with Crippen LogP contribution in [0, 0.1) is 5.41 Å². The van der Waals surface area contributed by atoms with Gasteiger partial charge in [-0.15, -0.1) is 0 Å². The van der Waals surface area contributed by atoms with E-state index >= 15 is 0 Å². The minimum absolute atomic E-state index is 0.112. The normalized spacial score (nSPS) is 20.9. The Bertz CT molecular complexity index is 768. The van der Waals surface area contributed by atoms with E-state index in [0.29, 0.717) is 13.1 Å². The molecular weight excluding hydrogens is 368 g/mol. The number of amides is 2. The van der Waals surface area contributed by atoms with Crippen LogP contribution in [0.15, 0.2) is 24.3 Å². The van der Waals surface area contributed by atoms with E-state index in [2.05, 4.69) is 17.4 Å². The van der Waals surface area contributed by atoms with E-state index in [1.165, 1.54) is 5.56 Å². The first-order valence-electron chi connectivity index (χ1n) is 10.4. The zero-order valence-electron chi connectivity index (χ0n) is 18.5. The maximum atomic E-state index is 12.6. The molecule has 3 rings (SSSR count). The fourth-order valence-electron chi connectivity index (χ4n) is 4.37. The number of carbonyl (C=O) groups is 2. The molecule has 1 saturated heterocycles. The van der Waals surface area contributed by atoms with Gasteiger partial charge in [-0.25, -0.2) is 9.59 Å². The quantitative estimate of drug-likeness (QED) is 0.731. The molecule has 6 heteroatoms. The molecule has 1 fully saturated rings. The highest BCUT2D eigenvalue weighted by Crippen LogP contribution is 2.52. The van der Waals surface area contributed by atoms with E-state index in [1.54, 1.807) is 4.90 Å². The second-order valence-electron chi connectivity index (χ2n) is 10.3. The van der Waals surface area contributed by atoms with Gasteiger partial charge < -0.3 is 19.7 Å². The number of alkyl carbamates (subject to hydrolysis) is 1. The Morgan fingerprint density at radius 1 is 1.00 bits per heavy atom. The Morgan fingerprint density at radius 2 is 1.59 bits per heavy atom.